The molecule has 0 bridgehead atoms. The Labute approximate surface area is 57.1 Å². The predicted molar refractivity (Wildman–Crippen MR) is 37.6 cm³/mol. The molecule has 55 valence electrons. The summed E-state index contributed by atoms with van der Waals surface area (Å²) in [5.41, 5.74) is 5.58. The van der Waals surface area contributed by atoms with E-state index in [1.54, 1.807) is 6.92 Å². The first-order valence-electron chi connectivity index (χ1n) is 3.58. The summed E-state index contributed by atoms with van der Waals surface area (Å²) < 4.78 is 0. The van der Waals surface area contributed by atoms with Gasteiger partial charge in [-0.2, -0.15) is 0 Å². The minimum absolute atomic E-state index is 0.237. The van der Waals surface area contributed by atoms with E-state index in [0.29, 0.717) is 0 Å². The van der Waals surface area contributed by atoms with Crippen molar-refractivity contribution in [2.45, 2.75) is 45.3 Å². The lowest BCUT2D eigenvalue weighted by molar-refractivity contribution is 0.0937. The van der Waals surface area contributed by atoms with Gasteiger partial charge in [-0.1, -0.05) is 6.92 Å². The molecule has 1 radical (unpaired) electrons. The molecular formula is C7H16NO. The van der Waals surface area contributed by atoms with Crippen LogP contribution in [-0.4, -0.2) is 12.1 Å². The highest BCUT2D eigenvalue weighted by Gasteiger charge is 2.01. The summed E-state index contributed by atoms with van der Waals surface area (Å²) in [5, 5.41) is 10.5. The normalized spacial score (nSPS) is 17.3. The van der Waals surface area contributed by atoms with Gasteiger partial charge >= 0.3 is 0 Å². The summed E-state index contributed by atoms with van der Waals surface area (Å²) in [6, 6.07) is 0.237. The zero-order valence-electron chi connectivity index (χ0n) is 6.26. The Bertz CT molecular complexity index is 63.9. The van der Waals surface area contributed by atoms with E-state index in [1.807, 2.05) is 6.92 Å². The first kappa shape index (κ1) is 8.92. The molecule has 0 saturated heterocycles. The van der Waals surface area contributed by atoms with E-state index in [4.69, 9.17) is 5.73 Å². The minimum Gasteiger partial charge on any atom is -0.328 e. The fourth-order valence-electron chi connectivity index (χ4n) is 0.653. The molecule has 2 unspecified atom stereocenters. The molecule has 0 spiro atoms. The van der Waals surface area contributed by atoms with Crippen LogP contribution in [0.15, 0.2) is 0 Å². The number of rotatable bonds is 4. The van der Waals surface area contributed by atoms with E-state index in [2.05, 4.69) is 0 Å². The molecule has 0 aliphatic carbocycles. The zero-order valence-corrected chi connectivity index (χ0v) is 6.26. The van der Waals surface area contributed by atoms with Crippen LogP contribution in [0.4, 0.5) is 0 Å². The summed E-state index contributed by atoms with van der Waals surface area (Å²) in [5.74, 6) is 0. The van der Waals surface area contributed by atoms with Gasteiger partial charge in [-0.25, -0.2) is 5.11 Å². The molecule has 0 saturated carbocycles. The Morgan fingerprint density at radius 1 is 1.44 bits per heavy atom. The first-order valence-corrected chi connectivity index (χ1v) is 3.58. The molecule has 0 amide bonds. The van der Waals surface area contributed by atoms with Gasteiger partial charge in [0.1, 0.15) is 0 Å². The standard InChI is InChI=1S/C7H16NO/c1-3-7(8)5-4-6(2)9/h6-7H,3-5,8H2,1-2H3. The Balaban J connectivity index is 3.06. The molecule has 2 heteroatoms. The zero-order chi connectivity index (χ0) is 7.28. The van der Waals surface area contributed by atoms with Gasteiger partial charge in [0.2, 0.25) is 0 Å². The smallest absolute Gasteiger partial charge is 0.0902 e. The quantitative estimate of drug-likeness (QED) is 0.613. The second-order valence-electron chi connectivity index (χ2n) is 2.56. The van der Waals surface area contributed by atoms with Gasteiger partial charge in [-0.05, 0) is 26.2 Å². The lowest BCUT2D eigenvalue weighted by Gasteiger charge is -2.07. The van der Waals surface area contributed by atoms with E-state index in [9.17, 15) is 5.11 Å². The predicted octanol–water partition coefficient (Wildman–Crippen LogP) is 1.32. The molecular weight excluding hydrogens is 114 g/mol. The second-order valence-corrected chi connectivity index (χ2v) is 2.56. The van der Waals surface area contributed by atoms with Crippen LogP contribution >= 0.6 is 0 Å². The lowest BCUT2D eigenvalue weighted by Crippen LogP contribution is -2.19. The van der Waals surface area contributed by atoms with Crippen LogP contribution in [0.1, 0.15) is 33.1 Å². The summed E-state index contributed by atoms with van der Waals surface area (Å²) >= 11 is 0. The van der Waals surface area contributed by atoms with E-state index in [-0.39, 0.29) is 6.04 Å². The maximum Gasteiger partial charge on any atom is 0.0902 e. The highest BCUT2D eigenvalue weighted by atomic mass is 16.3. The Hall–Kier alpha value is -0.0800. The third kappa shape index (κ3) is 5.80. The highest BCUT2D eigenvalue weighted by Crippen LogP contribution is 2.01. The van der Waals surface area contributed by atoms with Crippen LogP contribution in [0.3, 0.4) is 0 Å². The molecule has 0 rings (SSSR count). The monoisotopic (exact) mass is 130 g/mol. The van der Waals surface area contributed by atoms with Gasteiger partial charge < -0.3 is 5.73 Å². The Kier molecular flexibility index (Phi) is 4.72. The fraction of sp³-hybridized carbons (Fsp3) is 1.00. The first-order chi connectivity index (χ1) is 4.16. The van der Waals surface area contributed by atoms with Crippen LogP contribution in [-0.2, 0) is 5.11 Å². The summed E-state index contributed by atoms with van der Waals surface area (Å²) in [6.07, 6.45) is 2.13. The van der Waals surface area contributed by atoms with E-state index < -0.39 is 6.10 Å². The summed E-state index contributed by atoms with van der Waals surface area (Å²) in [7, 11) is 0. The van der Waals surface area contributed by atoms with Crippen molar-refractivity contribution in [1.82, 2.24) is 0 Å². The molecule has 0 aromatic carbocycles. The Morgan fingerprint density at radius 2 is 2.00 bits per heavy atom. The van der Waals surface area contributed by atoms with Crippen molar-refractivity contribution >= 4 is 0 Å². The lowest BCUT2D eigenvalue weighted by atomic mass is 10.1. The van der Waals surface area contributed by atoms with Gasteiger partial charge in [0.05, 0.1) is 6.10 Å². The summed E-state index contributed by atoms with van der Waals surface area (Å²) in [4.78, 5) is 0. The average Bonchev–Trinajstić information content (AvgIpc) is 1.83. The molecule has 0 aliphatic heterocycles. The van der Waals surface area contributed by atoms with Crippen molar-refractivity contribution in [1.29, 1.82) is 0 Å². The average molecular weight is 130 g/mol. The van der Waals surface area contributed by atoms with Crippen LogP contribution in [0.25, 0.3) is 0 Å². The van der Waals surface area contributed by atoms with E-state index >= 15 is 0 Å². The minimum atomic E-state index is -0.442. The highest BCUT2D eigenvalue weighted by molar-refractivity contribution is 4.59. The van der Waals surface area contributed by atoms with E-state index in [0.717, 1.165) is 19.3 Å². The van der Waals surface area contributed by atoms with Crippen LogP contribution in [0, 0.1) is 0 Å². The third-order valence-corrected chi connectivity index (χ3v) is 1.47. The van der Waals surface area contributed by atoms with Crippen LogP contribution in [0.2, 0.25) is 0 Å². The molecule has 0 fully saturated rings. The van der Waals surface area contributed by atoms with Crippen LogP contribution in [0.5, 0.6) is 0 Å². The van der Waals surface area contributed by atoms with Gasteiger partial charge in [-0.15, -0.1) is 0 Å². The second kappa shape index (κ2) is 4.77. The molecule has 2 nitrogen and oxygen atoms in total. The third-order valence-electron chi connectivity index (χ3n) is 1.47. The van der Waals surface area contributed by atoms with Gasteiger partial charge in [0.25, 0.3) is 0 Å². The molecule has 0 aromatic heterocycles. The van der Waals surface area contributed by atoms with Gasteiger partial charge in [0.15, 0.2) is 0 Å². The maximum atomic E-state index is 10.5. The van der Waals surface area contributed by atoms with Crippen molar-refractivity contribution in [3.63, 3.8) is 0 Å². The molecule has 2 N–H and O–H groups in total. The van der Waals surface area contributed by atoms with Gasteiger partial charge in [-0.3, -0.25) is 0 Å². The van der Waals surface area contributed by atoms with Gasteiger partial charge in [0, 0.05) is 6.04 Å². The number of hydrogen-bond donors (Lipinski definition) is 1. The topological polar surface area (TPSA) is 45.9 Å². The maximum absolute atomic E-state index is 10.5. The molecule has 2 atom stereocenters. The molecule has 0 heterocycles. The Morgan fingerprint density at radius 3 is 2.33 bits per heavy atom. The SMILES string of the molecule is CCC(N)CCC(C)[O]. The number of nitrogens with two attached hydrogens (primary N) is 1. The van der Waals surface area contributed by atoms with Crippen molar-refractivity contribution in [3.8, 4) is 0 Å². The van der Waals surface area contributed by atoms with Crippen molar-refractivity contribution in [2.75, 3.05) is 0 Å². The van der Waals surface area contributed by atoms with E-state index in [1.165, 1.54) is 0 Å². The summed E-state index contributed by atoms with van der Waals surface area (Å²) in [6.45, 7) is 3.72. The van der Waals surface area contributed by atoms with Crippen molar-refractivity contribution in [2.24, 2.45) is 5.73 Å². The van der Waals surface area contributed by atoms with Crippen molar-refractivity contribution in [3.05, 3.63) is 0 Å². The van der Waals surface area contributed by atoms with Crippen molar-refractivity contribution < 1.29 is 5.11 Å². The van der Waals surface area contributed by atoms with Crippen LogP contribution < -0.4 is 5.73 Å². The molecule has 0 aromatic rings. The fourth-order valence-corrected chi connectivity index (χ4v) is 0.653. The largest absolute Gasteiger partial charge is 0.328 e. The molecule has 9 heavy (non-hydrogen) atoms. The number of hydrogen-bond acceptors (Lipinski definition) is 1. The molecule has 0 aliphatic rings.